The second-order valence-corrected chi connectivity index (χ2v) is 5.48. The molecule has 0 saturated carbocycles. The molecule has 0 aromatic rings. The van der Waals surface area contributed by atoms with Crippen LogP contribution in [0.25, 0.3) is 0 Å². The van der Waals surface area contributed by atoms with Gasteiger partial charge in [0.1, 0.15) is 0 Å². The Balaban J connectivity index is 2.06. The number of nitrogens with one attached hydrogen (secondary N) is 1. The van der Waals surface area contributed by atoms with Crippen LogP contribution in [0.5, 0.6) is 0 Å². The summed E-state index contributed by atoms with van der Waals surface area (Å²) >= 11 is 0. The van der Waals surface area contributed by atoms with Gasteiger partial charge < -0.3 is 15.3 Å². The van der Waals surface area contributed by atoms with E-state index < -0.39 is 11.4 Å². The highest BCUT2D eigenvalue weighted by Crippen LogP contribution is 2.38. The van der Waals surface area contributed by atoms with E-state index in [4.69, 9.17) is 0 Å². The van der Waals surface area contributed by atoms with Crippen molar-refractivity contribution in [3.8, 4) is 0 Å². The molecule has 5 heteroatoms. The lowest BCUT2D eigenvalue weighted by molar-refractivity contribution is -0.151. The minimum atomic E-state index is -0.769. The van der Waals surface area contributed by atoms with Crippen LogP contribution in [0.4, 0.5) is 0 Å². The molecule has 5 nitrogen and oxygen atoms in total. The fourth-order valence-electron chi connectivity index (χ4n) is 2.64. The smallest absolute Gasteiger partial charge is 0.311 e. The third-order valence-electron chi connectivity index (χ3n) is 4.27. The molecule has 1 amide bonds. The number of nitrogens with zero attached hydrogens (tertiary/aromatic N) is 1. The summed E-state index contributed by atoms with van der Waals surface area (Å²) in [5, 5.41) is 12.5. The maximum Gasteiger partial charge on any atom is 0.311 e. The van der Waals surface area contributed by atoms with Gasteiger partial charge in [-0.15, -0.1) is 0 Å². The van der Waals surface area contributed by atoms with Crippen molar-refractivity contribution in [2.45, 2.75) is 20.3 Å². The van der Waals surface area contributed by atoms with Gasteiger partial charge in [-0.1, -0.05) is 13.8 Å². The van der Waals surface area contributed by atoms with Crippen molar-refractivity contribution in [2.75, 3.05) is 26.2 Å². The SMILES string of the molecule is CC(C)C1(C(=O)O)CCN(C(=O)C2CNC2)C1. The second kappa shape index (κ2) is 4.29. The number of hydrogen-bond acceptors (Lipinski definition) is 3. The fraction of sp³-hybridized carbons (Fsp3) is 0.833. The van der Waals surface area contributed by atoms with Crippen LogP contribution >= 0.6 is 0 Å². The number of carbonyl (C=O) groups is 2. The molecule has 2 saturated heterocycles. The first-order valence-corrected chi connectivity index (χ1v) is 6.20. The minimum absolute atomic E-state index is 0.0531. The average Bonchev–Trinajstić information content (AvgIpc) is 2.59. The third-order valence-corrected chi connectivity index (χ3v) is 4.27. The van der Waals surface area contributed by atoms with E-state index in [1.54, 1.807) is 4.90 Å². The molecule has 17 heavy (non-hydrogen) atoms. The largest absolute Gasteiger partial charge is 0.481 e. The van der Waals surface area contributed by atoms with E-state index >= 15 is 0 Å². The van der Waals surface area contributed by atoms with Gasteiger partial charge in [-0.05, 0) is 12.3 Å². The quantitative estimate of drug-likeness (QED) is 0.737. The average molecular weight is 240 g/mol. The highest BCUT2D eigenvalue weighted by atomic mass is 16.4. The van der Waals surface area contributed by atoms with Crippen molar-refractivity contribution in [1.82, 2.24) is 10.2 Å². The summed E-state index contributed by atoms with van der Waals surface area (Å²) in [6, 6.07) is 0. The van der Waals surface area contributed by atoms with Crippen molar-refractivity contribution in [3.05, 3.63) is 0 Å². The fourth-order valence-corrected chi connectivity index (χ4v) is 2.64. The normalized spacial score (nSPS) is 29.5. The molecule has 2 heterocycles. The number of carboxylic acid groups (broad SMARTS) is 1. The van der Waals surface area contributed by atoms with Crippen molar-refractivity contribution in [1.29, 1.82) is 0 Å². The Morgan fingerprint density at radius 3 is 2.41 bits per heavy atom. The van der Waals surface area contributed by atoms with Gasteiger partial charge >= 0.3 is 5.97 Å². The van der Waals surface area contributed by atoms with Crippen molar-refractivity contribution >= 4 is 11.9 Å². The molecule has 1 atom stereocenters. The number of carboxylic acids is 1. The molecular formula is C12H20N2O3. The van der Waals surface area contributed by atoms with Gasteiger partial charge in [0.15, 0.2) is 0 Å². The van der Waals surface area contributed by atoms with Gasteiger partial charge in [-0.2, -0.15) is 0 Å². The van der Waals surface area contributed by atoms with Gasteiger partial charge in [0.2, 0.25) is 5.91 Å². The van der Waals surface area contributed by atoms with Crippen LogP contribution in [0.2, 0.25) is 0 Å². The van der Waals surface area contributed by atoms with Gasteiger partial charge in [0.25, 0.3) is 0 Å². The van der Waals surface area contributed by atoms with Gasteiger partial charge in [-0.3, -0.25) is 9.59 Å². The molecule has 2 fully saturated rings. The Morgan fingerprint density at radius 2 is 2.06 bits per heavy atom. The molecule has 2 rings (SSSR count). The molecule has 0 aromatic carbocycles. The lowest BCUT2D eigenvalue weighted by Crippen LogP contribution is -2.52. The Hall–Kier alpha value is -1.10. The lowest BCUT2D eigenvalue weighted by atomic mass is 9.76. The molecule has 1 unspecified atom stereocenters. The number of carbonyl (C=O) groups excluding carboxylic acids is 1. The van der Waals surface area contributed by atoms with E-state index in [1.165, 1.54) is 0 Å². The Labute approximate surface area is 101 Å². The zero-order valence-electron chi connectivity index (χ0n) is 10.4. The number of likely N-dealkylation sites (tertiary alicyclic amines) is 1. The van der Waals surface area contributed by atoms with E-state index in [-0.39, 0.29) is 17.7 Å². The first-order chi connectivity index (χ1) is 7.97. The molecule has 2 N–H and O–H groups in total. The molecule has 0 bridgehead atoms. The van der Waals surface area contributed by atoms with Crippen LogP contribution in [0.3, 0.4) is 0 Å². The summed E-state index contributed by atoms with van der Waals surface area (Å²) in [6.07, 6.45) is 0.575. The summed E-state index contributed by atoms with van der Waals surface area (Å²) in [5.41, 5.74) is -0.743. The van der Waals surface area contributed by atoms with Crippen molar-refractivity contribution < 1.29 is 14.7 Å². The van der Waals surface area contributed by atoms with Crippen molar-refractivity contribution in [2.24, 2.45) is 17.3 Å². The maximum absolute atomic E-state index is 12.1. The van der Waals surface area contributed by atoms with Crippen LogP contribution in [0.1, 0.15) is 20.3 Å². The summed E-state index contributed by atoms with van der Waals surface area (Å²) in [6.45, 7) is 6.27. The maximum atomic E-state index is 12.1. The molecule has 0 aliphatic carbocycles. The first kappa shape index (κ1) is 12.4. The third kappa shape index (κ3) is 1.92. The monoisotopic (exact) mass is 240 g/mol. The zero-order chi connectivity index (χ0) is 12.6. The second-order valence-electron chi connectivity index (χ2n) is 5.48. The molecule has 2 aliphatic heterocycles. The summed E-state index contributed by atoms with van der Waals surface area (Å²) in [5.74, 6) is -0.536. The summed E-state index contributed by atoms with van der Waals surface area (Å²) < 4.78 is 0. The highest BCUT2D eigenvalue weighted by Gasteiger charge is 2.49. The van der Waals surface area contributed by atoms with Gasteiger partial charge in [-0.25, -0.2) is 0 Å². The van der Waals surface area contributed by atoms with Crippen molar-refractivity contribution in [3.63, 3.8) is 0 Å². The molecule has 96 valence electrons. The van der Waals surface area contributed by atoms with Crippen LogP contribution in [-0.4, -0.2) is 48.1 Å². The van der Waals surface area contributed by atoms with E-state index in [9.17, 15) is 14.7 Å². The lowest BCUT2D eigenvalue weighted by Gasteiger charge is -2.32. The van der Waals surface area contributed by atoms with E-state index in [1.807, 2.05) is 13.8 Å². The standard InChI is InChI=1S/C12H20N2O3/c1-8(2)12(11(16)17)3-4-14(7-12)10(15)9-5-13-6-9/h8-9,13H,3-7H2,1-2H3,(H,16,17). The van der Waals surface area contributed by atoms with E-state index in [2.05, 4.69) is 5.32 Å². The highest BCUT2D eigenvalue weighted by molar-refractivity contribution is 5.83. The van der Waals surface area contributed by atoms with E-state index in [0.717, 1.165) is 13.1 Å². The number of amides is 1. The molecular weight excluding hydrogens is 220 g/mol. The topological polar surface area (TPSA) is 69.6 Å². The van der Waals surface area contributed by atoms with Crippen LogP contribution in [-0.2, 0) is 9.59 Å². The first-order valence-electron chi connectivity index (χ1n) is 6.20. The summed E-state index contributed by atoms with van der Waals surface area (Å²) in [4.78, 5) is 25.2. The predicted octanol–water partition coefficient (Wildman–Crippen LogP) is 0.165. The predicted molar refractivity (Wildman–Crippen MR) is 62.5 cm³/mol. The minimum Gasteiger partial charge on any atom is -0.481 e. The number of rotatable bonds is 3. The van der Waals surface area contributed by atoms with E-state index in [0.29, 0.717) is 19.5 Å². The Kier molecular flexibility index (Phi) is 3.12. The molecule has 2 aliphatic rings. The Bertz CT molecular complexity index is 339. The van der Waals surface area contributed by atoms with Crippen LogP contribution in [0, 0.1) is 17.3 Å². The zero-order valence-corrected chi connectivity index (χ0v) is 10.4. The molecule has 0 aromatic heterocycles. The molecule has 0 radical (unpaired) electrons. The molecule has 0 spiro atoms. The van der Waals surface area contributed by atoms with Crippen LogP contribution in [0.15, 0.2) is 0 Å². The summed E-state index contributed by atoms with van der Waals surface area (Å²) in [7, 11) is 0. The van der Waals surface area contributed by atoms with Crippen LogP contribution < -0.4 is 5.32 Å². The number of hydrogen-bond donors (Lipinski definition) is 2. The number of aliphatic carboxylic acids is 1. The van der Waals surface area contributed by atoms with Gasteiger partial charge in [0, 0.05) is 26.2 Å². The van der Waals surface area contributed by atoms with Gasteiger partial charge in [0.05, 0.1) is 11.3 Å². The Morgan fingerprint density at radius 1 is 1.41 bits per heavy atom.